The number of hydrogen-bond donors (Lipinski definition) is 1. The summed E-state index contributed by atoms with van der Waals surface area (Å²) in [4.78, 5) is 2.51. The molecule has 0 saturated heterocycles. The van der Waals surface area contributed by atoms with Gasteiger partial charge >= 0.3 is 0 Å². The van der Waals surface area contributed by atoms with Crippen LogP contribution in [0.5, 0.6) is 0 Å². The van der Waals surface area contributed by atoms with E-state index in [9.17, 15) is 5.11 Å². The molecule has 2 fully saturated rings. The molecule has 0 amide bonds. The van der Waals surface area contributed by atoms with E-state index in [4.69, 9.17) is 0 Å². The molecule has 2 aliphatic carbocycles. The van der Waals surface area contributed by atoms with E-state index in [0.29, 0.717) is 0 Å². The van der Waals surface area contributed by atoms with Crippen molar-refractivity contribution in [3.8, 4) is 0 Å². The van der Waals surface area contributed by atoms with Crippen molar-refractivity contribution in [1.29, 1.82) is 0 Å². The van der Waals surface area contributed by atoms with Crippen LogP contribution < -0.4 is 0 Å². The minimum atomic E-state index is -0.324. The molecule has 3 rings (SSSR count). The lowest BCUT2D eigenvalue weighted by Gasteiger charge is -2.25. The van der Waals surface area contributed by atoms with Gasteiger partial charge in [-0.05, 0) is 37.2 Å². The highest BCUT2D eigenvalue weighted by Crippen LogP contribution is 2.35. The van der Waals surface area contributed by atoms with Crippen molar-refractivity contribution in [3.05, 3.63) is 35.9 Å². The van der Waals surface area contributed by atoms with Crippen LogP contribution in [0.1, 0.15) is 37.4 Å². The van der Waals surface area contributed by atoms with Gasteiger partial charge in [0, 0.05) is 19.1 Å². The minimum Gasteiger partial charge on any atom is -0.387 e. The lowest BCUT2D eigenvalue weighted by Crippen LogP contribution is -2.32. The minimum absolute atomic E-state index is 0.324. The third kappa shape index (κ3) is 3.08. The quantitative estimate of drug-likeness (QED) is 0.813. The summed E-state index contributed by atoms with van der Waals surface area (Å²) in [5.74, 6) is 0.915. The molecule has 1 unspecified atom stereocenters. The molecule has 2 heteroatoms. The molecule has 0 radical (unpaired) electrons. The fraction of sp³-hybridized carbons (Fsp3) is 0.600. The Labute approximate surface area is 103 Å². The zero-order valence-corrected chi connectivity index (χ0v) is 10.3. The van der Waals surface area contributed by atoms with Crippen LogP contribution in [0.4, 0.5) is 0 Å². The summed E-state index contributed by atoms with van der Waals surface area (Å²) in [5.41, 5.74) is 1.05. The molecule has 0 spiro atoms. The standard InChI is InChI=1S/C15H21NO/c17-15(13-4-2-1-3-5-13)11-16(14-8-9-14)10-12-6-7-12/h1-5,12,14-15,17H,6-11H2. The second kappa shape index (κ2) is 4.79. The molecule has 1 aromatic carbocycles. The van der Waals surface area contributed by atoms with Gasteiger partial charge in [0.15, 0.2) is 0 Å². The lowest BCUT2D eigenvalue weighted by molar-refractivity contribution is 0.106. The van der Waals surface area contributed by atoms with Crippen LogP contribution in [0.3, 0.4) is 0 Å². The van der Waals surface area contributed by atoms with Gasteiger partial charge in [0.05, 0.1) is 6.10 Å². The molecule has 0 aromatic heterocycles. The van der Waals surface area contributed by atoms with Crippen LogP contribution in [0.15, 0.2) is 30.3 Å². The highest BCUT2D eigenvalue weighted by atomic mass is 16.3. The third-order valence-corrected chi connectivity index (χ3v) is 3.84. The number of aliphatic hydroxyl groups excluding tert-OH is 1. The maximum atomic E-state index is 10.3. The number of hydrogen-bond acceptors (Lipinski definition) is 2. The Hall–Kier alpha value is -0.860. The van der Waals surface area contributed by atoms with Crippen LogP contribution in [0.25, 0.3) is 0 Å². The first-order valence-electron chi connectivity index (χ1n) is 6.80. The molecule has 1 N–H and O–H groups in total. The van der Waals surface area contributed by atoms with Crippen molar-refractivity contribution in [2.75, 3.05) is 13.1 Å². The van der Waals surface area contributed by atoms with E-state index in [2.05, 4.69) is 4.90 Å². The Morgan fingerprint density at radius 3 is 2.41 bits per heavy atom. The molecule has 0 aliphatic heterocycles. The Balaban J connectivity index is 1.59. The zero-order valence-electron chi connectivity index (χ0n) is 10.3. The number of nitrogens with zero attached hydrogens (tertiary/aromatic N) is 1. The van der Waals surface area contributed by atoms with Crippen molar-refractivity contribution in [1.82, 2.24) is 4.90 Å². The molecular formula is C15H21NO. The Kier molecular flexibility index (Phi) is 3.17. The van der Waals surface area contributed by atoms with Gasteiger partial charge in [0.1, 0.15) is 0 Å². The van der Waals surface area contributed by atoms with Crippen molar-refractivity contribution in [2.24, 2.45) is 5.92 Å². The summed E-state index contributed by atoms with van der Waals surface area (Å²) < 4.78 is 0. The van der Waals surface area contributed by atoms with E-state index in [0.717, 1.165) is 24.1 Å². The molecule has 2 saturated carbocycles. The average molecular weight is 231 g/mol. The van der Waals surface area contributed by atoms with Crippen molar-refractivity contribution in [3.63, 3.8) is 0 Å². The first-order valence-corrected chi connectivity index (χ1v) is 6.80. The highest BCUT2D eigenvalue weighted by Gasteiger charge is 2.34. The maximum Gasteiger partial charge on any atom is 0.0917 e. The van der Waals surface area contributed by atoms with Gasteiger partial charge in [-0.3, -0.25) is 4.90 Å². The van der Waals surface area contributed by atoms with Crippen LogP contribution in [0, 0.1) is 5.92 Å². The average Bonchev–Trinajstić information content (AvgIpc) is 3.22. The van der Waals surface area contributed by atoms with Gasteiger partial charge in [-0.2, -0.15) is 0 Å². The second-order valence-electron chi connectivity index (χ2n) is 5.55. The van der Waals surface area contributed by atoms with Gasteiger partial charge in [-0.15, -0.1) is 0 Å². The highest BCUT2D eigenvalue weighted by molar-refractivity contribution is 5.17. The number of aliphatic hydroxyl groups is 1. The summed E-state index contributed by atoms with van der Waals surface area (Å²) in [7, 11) is 0. The van der Waals surface area contributed by atoms with Crippen molar-refractivity contribution >= 4 is 0 Å². The largest absolute Gasteiger partial charge is 0.387 e. The maximum absolute atomic E-state index is 10.3. The van der Waals surface area contributed by atoms with Gasteiger partial charge in [0.2, 0.25) is 0 Å². The summed E-state index contributed by atoms with van der Waals surface area (Å²) in [6.45, 7) is 2.01. The first kappa shape index (κ1) is 11.2. The van der Waals surface area contributed by atoms with Gasteiger partial charge in [-0.1, -0.05) is 30.3 Å². The summed E-state index contributed by atoms with van der Waals surface area (Å²) in [6, 6.07) is 10.8. The van der Waals surface area contributed by atoms with Gasteiger partial charge < -0.3 is 5.11 Å². The smallest absolute Gasteiger partial charge is 0.0917 e. The normalized spacial score (nSPS) is 21.8. The van der Waals surface area contributed by atoms with E-state index in [-0.39, 0.29) is 6.10 Å². The van der Waals surface area contributed by atoms with E-state index in [1.807, 2.05) is 30.3 Å². The number of benzene rings is 1. The first-order chi connectivity index (χ1) is 8.33. The van der Waals surface area contributed by atoms with E-state index in [1.165, 1.54) is 32.2 Å². The van der Waals surface area contributed by atoms with Gasteiger partial charge in [-0.25, -0.2) is 0 Å². The Morgan fingerprint density at radius 1 is 1.12 bits per heavy atom. The molecule has 17 heavy (non-hydrogen) atoms. The lowest BCUT2D eigenvalue weighted by atomic mass is 10.1. The Morgan fingerprint density at radius 2 is 1.82 bits per heavy atom. The third-order valence-electron chi connectivity index (χ3n) is 3.84. The molecule has 0 heterocycles. The Bertz CT molecular complexity index is 356. The molecular weight excluding hydrogens is 210 g/mol. The topological polar surface area (TPSA) is 23.5 Å². The summed E-state index contributed by atoms with van der Waals surface area (Å²) in [6.07, 6.45) is 5.12. The summed E-state index contributed by atoms with van der Waals surface area (Å²) >= 11 is 0. The van der Waals surface area contributed by atoms with Crippen LogP contribution >= 0.6 is 0 Å². The van der Waals surface area contributed by atoms with E-state index >= 15 is 0 Å². The van der Waals surface area contributed by atoms with E-state index < -0.39 is 0 Å². The number of rotatable bonds is 6. The predicted molar refractivity (Wildman–Crippen MR) is 68.7 cm³/mol. The fourth-order valence-corrected chi connectivity index (χ4v) is 2.45. The zero-order chi connectivity index (χ0) is 11.7. The summed E-state index contributed by atoms with van der Waals surface area (Å²) in [5, 5.41) is 10.3. The molecule has 2 aliphatic rings. The molecule has 1 aromatic rings. The van der Waals surface area contributed by atoms with Crippen LogP contribution in [-0.2, 0) is 0 Å². The predicted octanol–water partition coefficient (Wildman–Crippen LogP) is 2.59. The van der Waals surface area contributed by atoms with Crippen LogP contribution in [0.2, 0.25) is 0 Å². The monoisotopic (exact) mass is 231 g/mol. The molecule has 2 nitrogen and oxygen atoms in total. The second-order valence-corrected chi connectivity index (χ2v) is 5.55. The molecule has 92 valence electrons. The van der Waals surface area contributed by atoms with Crippen molar-refractivity contribution in [2.45, 2.75) is 37.8 Å². The SMILES string of the molecule is OC(CN(CC1CC1)C1CC1)c1ccccc1. The van der Waals surface area contributed by atoms with E-state index in [1.54, 1.807) is 0 Å². The van der Waals surface area contributed by atoms with Gasteiger partial charge in [0.25, 0.3) is 0 Å². The molecule has 1 atom stereocenters. The fourth-order valence-electron chi connectivity index (χ4n) is 2.45. The molecule has 0 bridgehead atoms. The van der Waals surface area contributed by atoms with Crippen molar-refractivity contribution < 1.29 is 5.11 Å². The van der Waals surface area contributed by atoms with Crippen LogP contribution in [-0.4, -0.2) is 29.1 Å².